The zero-order valence-electron chi connectivity index (χ0n) is 14.3. The second-order valence-corrected chi connectivity index (χ2v) is 6.72. The standard InChI is InChI=1S/C19H26N4O/c1-2-22-9-8-20-19(22)13-21-10-11-23-17(12-21)14-24-15-18(23)16-6-4-3-5-7-16/h3-9,17-18H,2,10-15H2,1H3/t17-,18-/m1/s1. The molecule has 0 spiro atoms. The van der Waals surface area contributed by atoms with Gasteiger partial charge in [-0.05, 0) is 12.5 Å². The molecule has 2 aliphatic heterocycles. The van der Waals surface area contributed by atoms with Gasteiger partial charge in [0.25, 0.3) is 0 Å². The summed E-state index contributed by atoms with van der Waals surface area (Å²) in [5.74, 6) is 1.17. The number of fused-ring (bicyclic) bond motifs is 1. The van der Waals surface area contributed by atoms with E-state index in [4.69, 9.17) is 4.74 Å². The Labute approximate surface area is 143 Å². The molecule has 2 fully saturated rings. The molecule has 0 aliphatic carbocycles. The molecule has 0 radical (unpaired) electrons. The van der Waals surface area contributed by atoms with Crippen molar-refractivity contribution in [3.8, 4) is 0 Å². The lowest BCUT2D eigenvalue weighted by Crippen LogP contribution is -2.58. The molecule has 4 rings (SSSR count). The maximum atomic E-state index is 5.95. The minimum atomic E-state index is 0.393. The van der Waals surface area contributed by atoms with Crippen molar-refractivity contribution in [2.24, 2.45) is 0 Å². The summed E-state index contributed by atoms with van der Waals surface area (Å²) in [7, 11) is 0. The van der Waals surface area contributed by atoms with Gasteiger partial charge in [-0.3, -0.25) is 9.80 Å². The fourth-order valence-corrected chi connectivity index (χ4v) is 3.99. The second kappa shape index (κ2) is 7.05. The van der Waals surface area contributed by atoms with E-state index in [0.717, 1.165) is 45.9 Å². The zero-order valence-corrected chi connectivity index (χ0v) is 14.3. The maximum Gasteiger partial charge on any atom is 0.122 e. The number of benzene rings is 1. The van der Waals surface area contributed by atoms with Crippen molar-refractivity contribution < 1.29 is 4.74 Å². The van der Waals surface area contributed by atoms with Gasteiger partial charge in [0.2, 0.25) is 0 Å². The highest BCUT2D eigenvalue weighted by atomic mass is 16.5. The van der Waals surface area contributed by atoms with Gasteiger partial charge in [0.1, 0.15) is 5.82 Å². The molecular formula is C19H26N4O. The quantitative estimate of drug-likeness (QED) is 0.862. The molecule has 24 heavy (non-hydrogen) atoms. The Bertz CT molecular complexity index is 656. The minimum Gasteiger partial charge on any atom is -0.378 e. The lowest BCUT2D eigenvalue weighted by Gasteiger charge is -2.48. The molecule has 128 valence electrons. The summed E-state index contributed by atoms with van der Waals surface area (Å²) in [6.07, 6.45) is 3.98. The molecule has 5 nitrogen and oxygen atoms in total. The Balaban J connectivity index is 1.44. The third kappa shape index (κ3) is 3.11. The van der Waals surface area contributed by atoms with Crippen molar-refractivity contribution >= 4 is 0 Å². The first-order chi connectivity index (χ1) is 11.8. The molecule has 0 saturated carbocycles. The fourth-order valence-electron chi connectivity index (χ4n) is 3.99. The van der Waals surface area contributed by atoms with Crippen molar-refractivity contribution in [3.05, 3.63) is 54.1 Å². The molecule has 5 heteroatoms. The minimum absolute atomic E-state index is 0.393. The number of rotatable bonds is 4. The topological polar surface area (TPSA) is 33.5 Å². The van der Waals surface area contributed by atoms with Crippen LogP contribution in [0.3, 0.4) is 0 Å². The van der Waals surface area contributed by atoms with E-state index >= 15 is 0 Å². The predicted octanol–water partition coefficient (Wildman–Crippen LogP) is 2.16. The summed E-state index contributed by atoms with van der Waals surface area (Å²) < 4.78 is 8.18. The molecule has 2 atom stereocenters. The van der Waals surface area contributed by atoms with Gasteiger partial charge >= 0.3 is 0 Å². The van der Waals surface area contributed by atoms with E-state index in [1.807, 2.05) is 6.20 Å². The second-order valence-electron chi connectivity index (χ2n) is 6.72. The van der Waals surface area contributed by atoms with Crippen molar-refractivity contribution in [1.82, 2.24) is 19.4 Å². The van der Waals surface area contributed by atoms with Crippen molar-refractivity contribution in [1.29, 1.82) is 0 Å². The normalized spacial score (nSPS) is 25.5. The maximum absolute atomic E-state index is 5.95. The van der Waals surface area contributed by atoms with Gasteiger partial charge in [-0.25, -0.2) is 4.98 Å². The van der Waals surface area contributed by atoms with Crippen LogP contribution >= 0.6 is 0 Å². The Morgan fingerprint density at radius 3 is 2.88 bits per heavy atom. The number of imidazole rings is 1. The third-order valence-electron chi connectivity index (χ3n) is 5.29. The molecule has 2 saturated heterocycles. The molecular weight excluding hydrogens is 300 g/mol. The van der Waals surface area contributed by atoms with Crippen molar-refractivity contribution in [2.45, 2.75) is 32.1 Å². The van der Waals surface area contributed by atoms with Crippen LogP contribution in [0.15, 0.2) is 42.7 Å². The Hall–Kier alpha value is -1.69. The average Bonchev–Trinajstić information content (AvgIpc) is 3.09. The molecule has 1 aromatic carbocycles. The van der Waals surface area contributed by atoms with Crippen LogP contribution < -0.4 is 0 Å². The highest BCUT2D eigenvalue weighted by Gasteiger charge is 2.36. The van der Waals surface area contributed by atoms with Crippen LogP contribution in [0.2, 0.25) is 0 Å². The first-order valence-electron chi connectivity index (χ1n) is 8.96. The number of nitrogens with zero attached hydrogens (tertiary/aromatic N) is 4. The van der Waals surface area contributed by atoms with Gasteiger partial charge in [-0.15, -0.1) is 0 Å². The van der Waals surface area contributed by atoms with Crippen molar-refractivity contribution in [3.63, 3.8) is 0 Å². The van der Waals surface area contributed by atoms with Crippen LogP contribution in [-0.2, 0) is 17.8 Å². The van der Waals surface area contributed by atoms with Gasteiger partial charge < -0.3 is 9.30 Å². The van der Waals surface area contributed by atoms with E-state index < -0.39 is 0 Å². The number of aryl methyl sites for hydroxylation is 1. The average molecular weight is 326 g/mol. The molecule has 2 aliphatic rings. The van der Waals surface area contributed by atoms with Gasteiger partial charge in [0.05, 0.1) is 25.8 Å². The lowest BCUT2D eigenvalue weighted by molar-refractivity contribution is -0.0839. The molecule has 3 heterocycles. The predicted molar refractivity (Wildman–Crippen MR) is 93.7 cm³/mol. The zero-order chi connectivity index (χ0) is 16.4. The Morgan fingerprint density at radius 1 is 1.17 bits per heavy atom. The van der Waals surface area contributed by atoms with Crippen LogP contribution in [0.5, 0.6) is 0 Å². The first-order valence-corrected chi connectivity index (χ1v) is 8.96. The number of hydrogen-bond acceptors (Lipinski definition) is 4. The van der Waals surface area contributed by atoms with Crippen LogP contribution in [-0.4, -0.2) is 58.2 Å². The van der Waals surface area contributed by atoms with Crippen LogP contribution in [0.4, 0.5) is 0 Å². The van der Waals surface area contributed by atoms with E-state index in [1.165, 1.54) is 11.4 Å². The summed E-state index contributed by atoms with van der Waals surface area (Å²) in [6.45, 7) is 8.97. The van der Waals surface area contributed by atoms with Gasteiger partial charge in [-0.2, -0.15) is 0 Å². The highest BCUT2D eigenvalue weighted by molar-refractivity contribution is 5.20. The smallest absolute Gasteiger partial charge is 0.122 e. The highest BCUT2D eigenvalue weighted by Crippen LogP contribution is 2.29. The molecule has 0 N–H and O–H groups in total. The van der Waals surface area contributed by atoms with Crippen LogP contribution in [0.1, 0.15) is 24.4 Å². The molecule has 2 aromatic rings. The summed E-state index contributed by atoms with van der Waals surface area (Å²) in [4.78, 5) is 9.68. The summed E-state index contributed by atoms with van der Waals surface area (Å²) in [6, 6.07) is 11.6. The van der Waals surface area contributed by atoms with E-state index in [1.54, 1.807) is 0 Å². The molecule has 0 amide bonds. The fraction of sp³-hybridized carbons (Fsp3) is 0.526. The van der Waals surface area contributed by atoms with Gasteiger partial charge in [-0.1, -0.05) is 30.3 Å². The summed E-state index contributed by atoms with van der Waals surface area (Å²) in [5, 5.41) is 0. The number of aromatic nitrogens is 2. The van der Waals surface area contributed by atoms with Crippen molar-refractivity contribution in [2.75, 3.05) is 32.8 Å². The van der Waals surface area contributed by atoms with E-state index in [0.29, 0.717) is 12.1 Å². The molecule has 1 aromatic heterocycles. The number of ether oxygens (including phenoxy) is 1. The van der Waals surface area contributed by atoms with E-state index in [2.05, 4.69) is 62.8 Å². The summed E-state index contributed by atoms with van der Waals surface area (Å²) in [5.41, 5.74) is 1.37. The number of hydrogen-bond donors (Lipinski definition) is 0. The Kier molecular flexibility index (Phi) is 4.65. The van der Waals surface area contributed by atoms with Gasteiger partial charge in [0.15, 0.2) is 0 Å². The van der Waals surface area contributed by atoms with Crippen LogP contribution in [0.25, 0.3) is 0 Å². The molecule has 0 unspecified atom stereocenters. The number of morpholine rings is 1. The Morgan fingerprint density at radius 2 is 2.04 bits per heavy atom. The first kappa shape index (κ1) is 15.8. The molecule has 0 bridgehead atoms. The number of piperazine rings is 1. The monoisotopic (exact) mass is 326 g/mol. The lowest BCUT2D eigenvalue weighted by atomic mass is 10.0. The summed E-state index contributed by atoms with van der Waals surface area (Å²) >= 11 is 0. The third-order valence-corrected chi connectivity index (χ3v) is 5.29. The largest absolute Gasteiger partial charge is 0.378 e. The SMILES string of the molecule is CCn1ccnc1CN1CCN2[C@@H](COC[C@@H]2c2ccccc2)C1. The van der Waals surface area contributed by atoms with Crippen LogP contribution in [0, 0.1) is 0 Å². The van der Waals surface area contributed by atoms with Gasteiger partial charge in [0, 0.05) is 44.6 Å². The van der Waals surface area contributed by atoms with E-state index in [9.17, 15) is 0 Å². The van der Waals surface area contributed by atoms with E-state index in [-0.39, 0.29) is 0 Å².